The lowest BCUT2D eigenvalue weighted by atomic mass is 9.36. The summed E-state index contributed by atoms with van der Waals surface area (Å²) in [5, 5.41) is 0. The van der Waals surface area contributed by atoms with Crippen molar-refractivity contribution in [2.24, 2.45) is 28.1 Å². The van der Waals surface area contributed by atoms with Gasteiger partial charge in [-0.1, -0.05) is 43.6 Å². The van der Waals surface area contributed by atoms with Crippen LogP contribution in [0.25, 0.3) is 0 Å². The maximum absolute atomic E-state index is 12.7. The van der Waals surface area contributed by atoms with E-state index in [2.05, 4.69) is 43.6 Å². The molecule has 0 aliphatic heterocycles. The third-order valence-corrected chi connectivity index (χ3v) is 8.87. The molecule has 0 aromatic carbocycles. The van der Waals surface area contributed by atoms with Gasteiger partial charge in [0.25, 0.3) is 0 Å². The summed E-state index contributed by atoms with van der Waals surface area (Å²) in [7, 11) is 1.69. The Balaban J connectivity index is 2.15. The van der Waals surface area contributed by atoms with Gasteiger partial charge in [-0.2, -0.15) is 0 Å². The molecule has 7 unspecified atom stereocenters. The number of carbonyl (C=O) groups is 1. The van der Waals surface area contributed by atoms with E-state index in [1.54, 1.807) is 7.11 Å². The highest BCUT2D eigenvalue weighted by Gasteiger charge is 2.78. The van der Waals surface area contributed by atoms with E-state index in [4.69, 9.17) is 4.74 Å². The van der Waals surface area contributed by atoms with Gasteiger partial charge in [0, 0.05) is 17.9 Å². The number of ether oxygens (including phenoxy) is 1. The molecule has 3 fully saturated rings. The molecule has 3 aliphatic carbocycles. The van der Waals surface area contributed by atoms with Crippen LogP contribution in [0.15, 0.2) is 0 Å². The van der Waals surface area contributed by atoms with Crippen molar-refractivity contribution < 1.29 is 9.53 Å². The summed E-state index contributed by atoms with van der Waals surface area (Å²) in [6.07, 6.45) is 3.41. The summed E-state index contributed by atoms with van der Waals surface area (Å²) in [5.41, 5.74) is 0.672. The molecule has 0 bridgehead atoms. The number of methoxy groups -OCH3 is 1. The molecule has 0 radical (unpaired) electrons. The topological polar surface area (TPSA) is 26.3 Å². The van der Waals surface area contributed by atoms with Gasteiger partial charge in [0.1, 0.15) is 6.10 Å². The van der Waals surface area contributed by atoms with Crippen molar-refractivity contribution >= 4 is 21.7 Å². The molecule has 3 saturated carbocycles. The van der Waals surface area contributed by atoms with E-state index in [0.717, 1.165) is 0 Å². The summed E-state index contributed by atoms with van der Waals surface area (Å²) in [6.45, 7) is 9.18. The highest BCUT2D eigenvalue weighted by atomic mass is 79.9. The Bertz CT molecular complexity index is 436. The molecule has 3 aliphatic rings. The average Bonchev–Trinajstić information content (AvgIpc) is 2.46. The van der Waals surface area contributed by atoms with Crippen molar-refractivity contribution in [1.29, 1.82) is 0 Å². The largest absolute Gasteiger partial charge is 0.373 e. The zero-order valence-corrected chi connectivity index (χ0v) is 14.2. The third-order valence-electron chi connectivity index (χ3n) is 7.53. The van der Waals surface area contributed by atoms with Crippen LogP contribution in [0.2, 0.25) is 0 Å². The van der Waals surface area contributed by atoms with Gasteiger partial charge in [-0.25, -0.2) is 0 Å². The molecule has 0 aromatic rings. The summed E-state index contributed by atoms with van der Waals surface area (Å²) in [4.78, 5) is 13.3. The standard InChI is InChI=1S/C16H25BrO2/c1-9-12(18)13(19-5)10(2)15(4)8-11(17)14(3)6-7-16(9,14)15/h9-11,13H,6-8H2,1-5H3. The summed E-state index contributed by atoms with van der Waals surface area (Å²) in [5.74, 6) is 0.767. The SMILES string of the molecule is COC1C(=O)C(C)C23CCC2(C)C(Br)CC3(C)C1C. The van der Waals surface area contributed by atoms with Gasteiger partial charge in [0.2, 0.25) is 0 Å². The minimum absolute atomic E-state index is 0.125. The van der Waals surface area contributed by atoms with E-state index in [-0.39, 0.29) is 28.3 Å². The molecule has 0 heterocycles. The highest BCUT2D eigenvalue weighted by molar-refractivity contribution is 9.09. The first kappa shape index (κ1) is 14.1. The first-order chi connectivity index (χ1) is 8.76. The van der Waals surface area contributed by atoms with Gasteiger partial charge >= 0.3 is 0 Å². The molecule has 2 nitrogen and oxygen atoms in total. The quantitative estimate of drug-likeness (QED) is 0.684. The second-order valence-electron chi connectivity index (χ2n) is 7.55. The minimum atomic E-state index is -0.215. The van der Waals surface area contributed by atoms with Crippen LogP contribution in [0.3, 0.4) is 0 Å². The van der Waals surface area contributed by atoms with Gasteiger partial charge < -0.3 is 4.74 Å². The van der Waals surface area contributed by atoms with Crippen molar-refractivity contribution in [2.45, 2.75) is 57.9 Å². The van der Waals surface area contributed by atoms with Crippen LogP contribution in [0.5, 0.6) is 0 Å². The Morgan fingerprint density at radius 3 is 2.32 bits per heavy atom. The zero-order valence-electron chi connectivity index (χ0n) is 12.6. The minimum Gasteiger partial charge on any atom is -0.373 e. The van der Waals surface area contributed by atoms with Crippen LogP contribution in [-0.2, 0) is 9.53 Å². The normalized spacial score (nSPS) is 60.4. The van der Waals surface area contributed by atoms with Gasteiger partial charge in [0.05, 0.1) is 0 Å². The van der Waals surface area contributed by atoms with Crippen LogP contribution in [0.1, 0.15) is 47.0 Å². The smallest absolute Gasteiger partial charge is 0.165 e. The number of ketones is 1. The van der Waals surface area contributed by atoms with Gasteiger partial charge in [-0.15, -0.1) is 0 Å². The Hall–Kier alpha value is 0.110. The third kappa shape index (κ3) is 1.22. The van der Waals surface area contributed by atoms with Gasteiger partial charge in [-0.3, -0.25) is 4.79 Å². The van der Waals surface area contributed by atoms with E-state index < -0.39 is 0 Å². The van der Waals surface area contributed by atoms with Crippen LogP contribution < -0.4 is 0 Å². The second-order valence-corrected chi connectivity index (χ2v) is 8.65. The maximum Gasteiger partial charge on any atom is 0.165 e. The fraction of sp³-hybridized carbons (Fsp3) is 0.938. The predicted molar refractivity (Wildman–Crippen MR) is 79.3 cm³/mol. The van der Waals surface area contributed by atoms with Crippen molar-refractivity contribution in [1.82, 2.24) is 0 Å². The summed E-state index contributed by atoms with van der Waals surface area (Å²) in [6, 6.07) is 0. The molecular formula is C16H25BrO2. The first-order valence-electron chi connectivity index (χ1n) is 7.47. The lowest BCUT2D eigenvalue weighted by Crippen LogP contribution is -2.67. The molecule has 108 valence electrons. The monoisotopic (exact) mass is 328 g/mol. The lowest BCUT2D eigenvalue weighted by molar-refractivity contribution is -0.213. The van der Waals surface area contributed by atoms with Crippen molar-refractivity contribution in [3.05, 3.63) is 0 Å². The number of halogens is 1. The Kier molecular flexibility index (Phi) is 2.85. The molecule has 19 heavy (non-hydrogen) atoms. The average molecular weight is 329 g/mol. The summed E-state index contributed by atoms with van der Waals surface area (Å²) < 4.78 is 5.57. The van der Waals surface area contributed by atoms with Crippen molar-refractivity contribution in [2.75, 3.05) is 7.11 Å². The fourth-order valence-electron chi connectivity index (χ4n) is 6.13. The predicted octanol–water partition coefficient (Wildman–Crippen LogP) is 3.82. The van der Waals surface area contributed by atoms with E-state index in [0.29, 0.717) is 16.5 Å². The van der Waals surface area contributed by atoms with Crippen LogP contribution >= 0.6 is 15.9 Å². The number of alkyl halides is 1. The second kappa shape index (κ2) is 3.85. The number of Topliss-reactive ketones (excluding diaryl/α,β-unsaturated/α-hetero) is 1. The molecule has 0 N–H and O–H groups in total. The number of rotatable bonds is 1. The van der Waals surface area contributed by atoms with Crippen molar-refractivity contribution in [3.63, 3.8) is 0 Å². The first-order valence-corrected chi connectivity index (χ1v) is 8.38. The summed E-state index contributed by atoms with van der Waals surface area (Å²) >= 11 is 3.94. The number of carbonyl (C=O) groups excluding carboxylic acids is 1. The van der Waals surface area contributed by atoms with Crippen LogP contribution in [-0.4, -0.2) is 23.8 Å². The molecule has 3 rings (SSSR count). The van der Waals surface area contributed by atoms with Crippen LogP contribution in [0, 0.1) is 28.1 Å². The van der Waals surface area contributed by atoms with Crippen molar-refractivity contribution in [3.8, 4) is 0 Å². The number of hydrogen-bond donors (Lipinski definition) is 0. The highest BCUT2D eigenvalue weighted by Crippen LogP contribution is 2.81. The van der Waals surface area contributed by atoms with E-state index in [9.17, 15) is 4.79 Å². The Labute approximate surface area is 124 Å². The molecule has 0 saturated heterocycles. The number of hydrogen-bond acceptors (Lipinski definition) is 2. The molecular weight excluding hydrogens is 304 g/mol. The Morgan fingerprint density at radius 2 is 1.84 bits per heavy atom. The molecule has 7 atom stereocenters. The van der Waals surface area contributed by atoms with E-state index in [1.807, 2.05) is 0 Å². The van der Waals surface area contributed by atoms with E-state index >= 15 is 0 Å². The Morgan fingerprint density at radius 1 is 1.21 bits per heavy atom. The zero-order chi connectivity index (χ0) is 14.2. The lowest BCUT2D eigenvalue weighted by Gasteiger charge is -2.68. The van der Waals surface area contributed by atoms with E-state index in [1.165, 1.54) is 19.3 Å². The molecule has 3 heteroatoms. The molecule has 0 amide bonds. The van der Waals surface area contributed by atoms with Gasteiger partial charge in [0.15, 0.2) is 5.78 Å². The fourth-order valence-corrected chi connectivity index (χ4v) is 7.44. The van der Waals surface area contributed by atoms with Gasteiger partial charge in [-0.05, 0) is 41.4 Å². The molecule has 1 spiro atoms. The maximum atomic E-state index is 12.7. The molecule has 0 aromatic heterocycles. The van der Waals surface area contributed by atoms with Crippen LogP contribution in [0.4, 0.5) is 0 Å².